The lowest BCUT2D eigenvalue weighted by Gasteiger charge is -2.12. The molecule has 5 aromatic rings. The van der Waals surface area contributed by atoms with Crippen LogP contribution in [0.15, 0.2) is 73.1 Å². The molecule has 0 bridgehead atoms. The number of rotatable bonds is 5. The molecule has 0 saturated carbocycles. The zero-order chi connectivity index (χ0) is 23.8. The Morgan fingerprint density at radius 1 is 1.12 bits per heavy atom. The van der Waals surface area contributed by atoms with E-state index in [0.29, 0.717) is 22.9 Å². The molecule has 2 heterocycles. The molecule has 2 N–H and O–H groups in total. The van der Waals surface area contributed by atoms with Crippen LogP contribution in [0.25, 0.3) is 21.3 Å². The molecule has 0 aliphatic heterocycles. The summed E-state index contributed by atoms with van der Waals surface area (Å²) in [6.07, 6.45) is 3.65. The highest BCUT2D eigenvalue weighted by Gasteiger charge is 2.14. The van der Waals surface area contributed by atoms with Crippen molar-refractivity contribution < 1.29 is 9.18 Å². The number of imidazole rings is 1. The number of halogens is 1. The Labute approximate surface area is 199 Å². The first-order valence-corrected chi connectivity index (χ1v) is 11.5. The zero-order valence-electron chi connectivity index (χ0n) is 18.7. The minimum Gasteiger partial charge on any atom is -0.321 e. The number of benzene rings is 3. The highest BCUT2D eigenvalue weighted by molar-refractivity contribution is 7.22. The summed E-state index contributed by atoms with van der Waals surface area (Å²) < 4.78 is 18.2. The van der Waals surface area contributed by atoms with Crippen LogP contribution in [-0.4, -0.2) is 20.0 Å². The maximum Gasteiger partial charge on any atom is 0.257 e. The van der Waals surface area contributed by atoms with Gasteiger partial charge < -0.3 is 9.13 Å². The number of carbonyl (C=O) groups excluding carboxylic acids is 1. The van der Waals surface area contributed by atoms with Crippen molar-refractivity contribution in [3.8, 4) is 11.1 Å². The van der Waals surface area contributed by atoms with E-state index in [1.807, 2.05) is 68.8 Å². The lowest BCUT2D eigenvalue weighted by atomic mass is 9.96. The fourth-order valence-electron chi connectivity index (χ4n) is 3.96. The summed E-state index contributed by atoms with van der Waals surface area (Å²) in [7, 11) is 1.81. The van der Waals surface area contributed by atoms with E-state index in [9.17, 15) is 9.18 Å². The summed E-state index contributed by atoms with van der Waals surface area (Å²) in [4.78, 5) is 17.7. The fraction of sp³-hybridized carbons (Fsp3) is 0.115. The topological polar surface area (TPSA) is 75.7 Å². The van der Waals surface area contributed by atoms with Crippen molar-refractivity contribution in [3.05, 3.63) is 101 Å². The van der Waals surface area contributed by atoms with Gasteiger partial charge in [0.15, 0.2) is 5.13 Å². The van der Waals surface area contributed by atoms with Gasteiger partial charge in [0, 0.05) is 25.0 Å². The van der Waals surface area contributed by atoms with Gasteiger partial charge in [-0.25, -0.2) is 9.37 Å². The summed E-state index contributed by atoms with van der Waals surface area (Å²) in [5.74, 6) is -0.573. The Hall–Kier alpha value is -4.04. The van der Waals surface area contributed by atoms with Gasteiger partial charge >= 0.3 is 0 Å². The third kappa shape index (κ3) is 4.27. The van der Waals surface area contributed by atoms with Crippen molar-refractivity contribution in [3.63, 3.8) is 0 Å². The predicted octanol–water partition coefficient (Wildman–Crippen LogP) is 5.33. The smallest absolute Gasteiger partial charge is 0.257 e. The van der Waals surface area contributed by atoms with Crippen LogP contribution in [0.2, 0.25) is 0 Å². The number of hydrogen-bond acceptors (Lipinski definition) is 4. The van der Waals surface area contributed by atoms with E-state index in [2.05, 4.69) is 10.3 Å². The van der Waals surface area contributed by atoms with Gasteiger partial charge in [0.1, 0.15) is 5.82 Å². The maximum absolute atomic E-state index is 13.7. The summed E-state index contributed by atoms with van der Waals surface area (Å²) in [5, 5.41) is 11.7. The summed E-state index contributed by atoms with van der Waals surface area (Å²) in [6.45, 7) is 2.27. The Morgan fingerprint density at radius 3 is 2.68 bits per heavy atom. The molecule has 0 aliphatic rings. The van der Waals surface area contributed by atoms with Crippen molar-refractivity contribution in [2.75, 3.05) is 5.32 Å². The molecule has 0 saturated heterocycles. The van der Waals surface area contributed by atoms with Gasteiger partial charge in [-0.05, 0) is 71.6 Å². The Morgan fingerprint density at radius 2 is 1.94 bits per heavy atom. The molecule has 0 atom stereocenters. The average molecular weight is 472 g/mol. The second kappa shape index (κ2) is 8.72. The largest absolute Gasteiger partial charge is 0.321 e. The number of anilines is 1. The summed E-state index contributed by atoms with van der Waals surface area (Å²) >= 11 is 1.42. The molecular formula is C26H22FN5OS. The molecule has 2 aromatic heterocycles. The number of thiazole rings is 1. The molecule has 0 fully saturated rings. The van der Waals surface area contributed by atoms with Crippen LogP contribution >= 0.6 is 11.3 Å². The SMILES string of the molecule is Cc1cc(F)ccc1-c1cc(Cn2ccn(C)c2=N)cc(C(=O)Nc2nc3ccccc3s2)c1. The van der Waals surface area contributed by atoms with E-state index in [4.69, 9.17) is 5.41 Å². The monoisotopic (exact) mass is 471 g/mol. The molecule has 6 nitrogen and oxygen atoms in total. The number of aromatic nitrogens is 3. The minimum atomic E-state index is -0.301. The molecule has 0 spiro atoms. The number of nitrogens with zero attached hydrogens (tertiary/aromatic N) is 3. The van der Waals surface area contributed by atoms with Crippen molar-refractivity contribution in [2.45, 2.75) is 13.5 Å². The van der Waals surface area contributed by atoms with Crippen LogP contribution in [-0.2, 0) is 13.6 Å². The number of aryl methyl sites for hydroxylation is 2. The fourth-order valence-corrected chi connectivity index (χ4v) is 4.83. The number of carbonyl (C=O) groups is 1. The van der Waals surface area contributed by atoms with Crippen molar-refractivity contribution >= 4 is 32.6 Å². The molecule has 170 valence electrons. The van der Waals surface area contributed by atoms with Crippen molar-refractivity contribution in [1.29, 1.82) is 5.41 Å². The quantitative estimate of drug-likeness (QED) is 0.364. The lowest BCUT2D eigenvalue weighted by Crippen LogP contribution is -2.22. The minimum absolute atomic E-state index is 0.272. The molecule has 8 heteroatoms. The van der Waals surface area contributed by atoms with Gasteiger partial charge in [-0.1, -0.05) is 29.5 Å². The van der Waals surface area contributed by atoms with E-state index >= 15 is 0 Å². The summed E-state index contributed by atoms with van der Waals surface area (Å²) in [5.41, 5.74) is 4.96. The van der Waals surface area contributed by atoms with Crippen LogP contribution in [0.1, 0.15) is 21.5 Å². The first-order valence-electron chi connectivity index (χ1n) is 10.7. The van der Waals surface area contributed by atoms with E-state index in [1.54, 1.807) is 15.2 Å². The van der Waals surface area contributed by atoms with Gasteiger partial charge in [0.25, 0.3) is 5.91 Å². The number of para-hydroxylation sites is 1. The van der Waals surface area contributed by atoms with E-state index in [0.717, 1.165) is 32.5 Å². The molecule has 34 heavy (non-hydrogen) atoms. The van der Waals surface area contributed by atoms with E-state index in [1.165, 1.54) is 23.5 Å². The van der Waals surface area contributed by atoms with E-state index < -0.39 is 0 Å². The number of amides is 1. The standard InChI is InChI=1S/C26H22FN5OS/c1-16-11-20(27)7-8-21(16)18-12-17(15-32-10-9-31(2)25(32)28)13-19(14-18)24(33)30-26-29-22-5-3-4-6-23(22)34-26/h3-14,28H,15H2,1-2H3,(H,29,30,33). The van der Waals surface area contributed by atoms with Crippen LogP contribution in [0.4, 0.5) is 9.52 Å². The Bertz CT molecular complexity index is 1560. The molecule has 5 rings (SSSR count). The second-order valence-corrected chi connectivity index (χ2v) is 9.21. The second-order valence-electron chi connectivity index (χ2n) is 8.18. The number of nitrogens with one attached hydrogen (secondary N) is 2. The van der Waals surface area contributed by atoms with Gasteiger partial charge in [-0.2, -0.15) is 0 Å². The van der Waals surface area contributed by atoms with Crippen LogP contribution in [0, 0.1) is 18.2 Å². The van der Waals surface area contributed by atoms with Gasteiger partial charge in [0.05, 0.1) is 16.8 Å². The molecule has 0 aliphatic carbocycles. The third-order valence-electron chi connectivity index (χ3n) is 5.70. The van der Waals surface area contributed by atoms with Crippen LogP contribution in [0.3, 0.4) is 0 Å². The molecule has 3 aromatic carbocycles. The van der Waals surface area contributed by atoms with Crippen molar-refractivity contribution in [1.82, 2.24) is 14.1 Å². The average Bonchev–Trinajstić information content (AvgIpc) is 3.36. The predicted molar refractivity (Wildman–Crippen MR) is 133 cm³/mol. The first kappa shape index (κ1) is 21.8. The third-order valence-corrected chi connectivity index (χ3v) is 6.65. The van der Waals surface area contributed by atoms with Crippen LogP contribution in [0.5, 0.6) is 0 Å². The Balaban J connectivity index is 1.54. The van der Waals surface area contributed by atoms with Gasteiger partial charge in [0.2, 0.25) is 5.62 Å². The van der Waals surface area contributed by atoms with E-state index in [-0.39, 0.29) is 11.7 Å². The highest BCUT2D eigenvalue weighted by Crippen LogP contribution is 2.29. The normalized spacial score (nSPS) is 11.1. The number of hydrogen-bond donors (Lipinski definition) is 2. The van der Waals surface area contributed by atoms with Crippen LogP contribution < -0.4 is 10.9 Å². The highest BCUT2D eigenvalue weighted by atomic mass is 32.1. The molecule has 0 radical (unpaired) electrons. The summed E-state index contributed by atoms with van der Waals surface area (Å²) in [6, 6.07) is 18.0. The van der Waals surface area contributed by atoms with Gasteiger partial charge in [-0.3, -0.25) is 15.5 Å². The zero-order valence-corrected chi connectivity index (χ0v) is 19.5. The first-order chi connectivity index (χ1) is 16.4. The molecule has 0 unspecified atom stereocenters. The molecule has 1 amide bonds. The molecular weight excluding hydrogens is 449 g/mol. The van der Waals surface area contributed by atoms with Gasteiger partial charge in [-0.15, -0.1) is 0 Å². The Kier molecular flexibility index (Phi) is 5.59. The number of fused-ring (bicyclic) bond motifs is 1. The van der Waals surface area contributed by atoms with Crippen molar-refractivity contribution in [2.24, 2.45) is 7.05 Å². The maximum atomic E-state index is 13.7. The lowest BCUT2D eigenvalue weighted by molar-refractivity contribution is 0.102.